The van der Waals surface area contributed by atoms with Crippen LogP contribution in [0.25, 0.3) is 11.4 Å². The van der Waals surface area contributed by atoms with Crippen molar-refractivity contribution in [3.63, 3.8) is 0 Å². The van der Waals surface area contributed by atoms with E-state index in [1.54, 1.807) is 20.2 Å². The molecule has 2 amide bonds. The Hall–Kier alpha value is -2.45. The third-order valence-corrected chi connectivity index (χ3v) is 5.93. The maximum Gasteiger partial charge on any atom is 0.272 e. The maximum atomic E-state index is 13.7. The van der Waals surface area contributed by atoms with Crippen LogP contribution in [0.2, 0.25) is 5.02 Å². The van der Waals surface area contributed by atoms with E-state index in [1.165, 1.54) is 17.0 Å². The van der Waals surface area contributed by atoms with E-state index in [9.17, 15) is 14.0 Å². The number of imidazole rings is 1. The molecule has 0 fully saturated rings. The average molecular weight is 464 g/mol. The quantitative estimate of drug-likeness (QED) is 0.754. The fourth-order valence-electron chi connectivity index (χ4n) is 3.86. The van der Waals surface area contributed by atoms with Crippen molar-refractivity contribution in [1.29, 1.82) is 0 Å². The van der Waals surface area contributed by atoms with Crippen LogP contribution in [-0.4, -0.2) is 64.9 Å². The molecule has 1 aliphatic rings. The first-order chi connectivity index (χ1) is 14.9. The normalized spacial score (nSPS) is 15.6. The molecule has 1 aliphatic heterocycles. The van der Waals surface area contributed by atoms with Crippen molar-refractivity contribution in [2.24, 2.45) is 5.41 Å². The number of halogens is 2. The highest BCUT2D eigenvalue weighted by atomic mass is 35.5. The molecule has 7 nitrogen and oxygen atoms in total. The number of fused-ring (bicyclic) bond motifs is 1. The van der Waals surface area contributed by atoms with Crippen LogP contribution < -0.4 is 5.32 Å². The Labute approximate surface area is 193 Å². The number of benzene rings is 1. The number of hydrogen-bond donors (Lipinski definition) is 1. The summed E-state index contributed by atoms with van der Waals surface area (Å²) < 4.78 is 15.7. The Morgan fingerprint density at radius 3 is 2.53 bits per heavy atom. The van der Waals surface area contributed by atoms with Gasteiger partial charge >= 0.3 is 0 Å². The Balaban J connectivity index is 2.07. The fourth-order valence-corrected chi connectivity index (χ4v) is 4.05. The van der Waals surface area contributed by atoms with Gasteiger partial charge in [-0.25, -0.2) is 9.37 Å². The highest BCUT2D eigenvalue weighted by molar-refractivity contribution is 6.31. The number of amides is 2. The molecule has 32 heavy (non-hydrogen) atoms. The van der Waals surface area contributed by atoms with Crippen molar-refractivity contribution >= 4 is 23.4 Å². The molecule has 1 unspecified atom stereocenters. The molecule has 0 saturated carbocycles. The van der Waals surface area contributed by atoms with E-state index in [2.05, 4.69) is 15.2 Å². The summed E-state index contributed by atoms with van der Waals surface area (Å²) >= 11 is 6.01. The van der Waals surface area contributed by atoms with E-state index in [4.69, 9.17) is 11.6 Å². The number of hydrogen-bond acceptors (Lipinski definition) is 4. The standard InChI is InChI=1S/C23H31ClFN5O2/c1-23(2,3)19(22(32)28(4)5)27-21(31)18-17-13-29(6)10-7-11-30(17)20(26-18)14-8-9-16(25)15(24)12-14/h8-9,12,19H,7,10-11,13H2,1-6H3,(H,27,31). The third-order valence-electron chi connectivity index (χ3n) is 5.64. The molecule has 9 heteroatoms. The van der Waals surface area contributed by atoms with E-state index in [0.717, 1.165) is 18.7 Å². The Kier molecular flexibility index (Phi) is 6.95. The van der Waals surface area contributed by atoms with Gasteiger partial charge in [-0.2, -0.15) is 0 Å². The monoisotopic (exact) mass is 463 g/mol. The predicted octanol–water partition coefficient (Wildman–Crippen LogP) is 3.41. The van der Waals surface area contributed by atoms with Gasteiger partial charge in [-0.15, -0.1) is 0 Å². The zero-order valence-electron chi connectivity index (χ0n) is 19.5. The first-order valence-electron chi connectivity index (χ1n) is 10.7. The first-order valence-corrected chi connectivity index (χ1v) is 11.0. The number of nitrogens with one attached hydrogen (secondary N) is 1. The number of aromatic nitrogens is 2. The van der Waals surface area contributed by atoms with Gasteiger partial charge in [-0.1, -0.05) is 32.4 Å². The van der Waals surface area contributed by atoms with Gasteiger partial charge in [0.05, 0.1) is 10.7 Å². The third kappa shape index (κ3) is 4.96. The number of rotatable bonds is 4. The predicted molar refractivity (Wildman–Crippen MR) is 123 cm³/mol. The number of nitrogens with zero attached hydrogens (tertiary/aromatic N) is 4. The molecule has 1 N–H and O–H groups in total. The molecule has 1 aromatic heterocycles. The van der Waals surface area contributed by atoms with E-state index in [-0.39, 0.29) is 16.6 Å². The molecule has 0 saturated heterocycles. The van der Waals surface area contributed by atoms with Crippen LogP contribution in [0, 0.1) is 11.2 Å². The van der Waals surface area contributed by atoms with E-state index in [0.29, 0.717) is 24.5 Å². The molecule has 3 rings (SSSR count). The van der Waals surface area contributed by atoms with Crippen molar-refractivity contribution in [3.8, 4) is 11.4 Å². The summed E-state index contributed by atoms with van der Waals surface area (Å²) in [5.41, 5.74) is 1.19. The summed E-state index contributed by atoms with van der Waals surface area (Å²) in [7, 11) is 5.33. The molecule has 2 heterocycles. The minimum absolute atomic E-state index is 0.000896. The SMILES string of the molecule is CN1CCCn2c(-c3ccc(F)c(Cl)c3)nc(C(=O)NC(C(=O)N(C)C)C(C)(C)C)c2C1. The first kappa shape index (κ1) is 24.2. The highest BCUT2D eigenvalue weighted by Crippen LogP contribution is 2.29. The average Bonchev–Trinajstić information content (AvgIpc) is 2.93. The lowest BCUT2D eigenvalue weighted by Crippen LogP contribution is -2.53. The number of likely N-dealkylation sites (N-methyl/N-ethyl adjacent to an activating group) is 1. The molecular weight excluding hydrogens is 433 g/mol. The van der Waals surface area contributed by atoms with Crippen LogP contribution in [0.1, 0.15) is 43.4 Å². The molecule has 0 spiro atoms. The zero-order valence-corrected chi connectivity index (χ0v) is 20.3. The Bertz CT molecular complexity index is 1030. The smallest absolute Gasteiger partial charge is 0.272 e. The molecule has 1 aromatic carbocycles. The van der Waals surface area contributed by atoms with Gasteiger partial charge in [0, 0.05) is 32.7 Å². The largest absolute Gasteiger partial charge is 0.347 e. The van der Waals surface area contributed by atoms with Crippen molar-refractivity contribution in [1.82, 2.24) is 24.7 Å². The number of carbonyl (C=O) groups excluding carboxylic acids is 2. The minimum Gasteiger partial charge on any atom is -0.347 e. The van der Waals surface area contributed by atoms with Crippen LogP contribution in [0.5, 0.6) is 0 Å². The van der Waals surface area contributed by atoms with Crippen LogP contribution in [0.15, 0.2) is 18.2 Å². The molecule has 0 bridgehead atoms. The minimum atomic E-state index is -0.713. The van der Waals surface area contributed by atoms with Gasteiger partial charge < -0.3 is 19.7 Å². The van der Waals surface area contributed by atoms with Crippen molar-refractivity contribution in [2.75, 3.05) is 27.7 Å². The summed E-state index contributed by atoms with van der Waals surface area (Å²) in [5, 5.41) is 2.92. The van der Waals surface area contributed by atoms with Crippen molar-refractivity contribution in [3.05, 3.63) is 40.4 Å². The van der Waals surface area contributed by atoms with Gasteiger partial charge in [0.15, 0.2) is 5.69 Å². The van der Waals surface area contributed by atoms with Crippen LogP contribution in [-0.2, 0) is 17.9 Å². The summed E-state index contributed by atoms with van der Waals surface area (Å²) in [6, 6.07) is 3.72. The summed E-state index contributed by atoms with van der Waals surface area (Å²) in [4.78, 5) is 34.5. The Morgan fingerprint density at radius 1 is 1.25 bits per heavy atom. The maximum absolute atomic E-state index is 13.7. The van der Waals surface area contributed by atoms with Gasteiger partial charge in [-0.05, 0) is 43.6 Å². The Morgan fingerprint density at radius 2 is 1.94 bits per heavy atom. The van der Waals surface area contributed by atoms with Crippen LogP contribution >= 0.6 is 11.6 Å². The summed E-state index contributed by atoms with van der Waals surface area (Å²) in [6.07, 6.45) is 0.882. The van der Waals surface area contributed by atoms with Crippen molar-refractivity contribution < 1.29 is 14.0 Å². The summed E-state index contributed by atoms with van der Waals surface area (Å²) in [6.45, 7) is 7.80. The fraction of sp³-hybridized carbons (Fsp3) is 0.522. The number of carbonyl (C=O) groups is 2. The van der Waals surface area contributed by atoms with E-state index < -0.39 is 23.2 Å². The molecule has 0 aliphatic carbocycles. The second-order valence-corrected chi connectivity index (χ2v) is 10.0. The van der Waals surface area contributed by atoms with Crippen LogP contribution in [0.3, 0.4) is 0 Å². The van der Waals surface area contributed by atoms with Crippen LogP contribution in [0.4, 0.5) is 4.39 Å². The lowest BCUT2D eigenvalue weighted by Gasteiger charge is -2.32. The van der Waals surface area contributed by atoms with Gasteiger partial charge in [0.2, 0.25) is 5.91 Å². The molecule has 2 aromatic rings. The van der Waals surface area contributed by atoms with Gasteiger partial charge in [0.25, 0.3) is 5.91 Å². The molecular formula is C23H31ClFN5O2. The van der Waals surface area contributed by atoms with Gasteiger partial charge in [-0.3, -0.25) is 9.59 Å². The second-order valence-electron chi connectivity index (χ2n) is 9.61. The molecule has 1 atom stereocenters. The lowest BCUT2D eigenvalue weighted by molar-refractivity contribution is -0.133. The highest BCUT2D eigenvalue weighted by Gasteiger charge is 2.36. The molecule has 174 valence electrons. The van der Waals surface area contributed by atoms with E-state index in [1.807, 2.05) is 32.4 Å². The zero-order chi connectivity index (χ0) is 23.8. The van der Waals surface area contributed by atoms with Gasteiger partial charge in [0.1, 0.15) is 17.7 Å². The molecule has 0 radical (unpaired) electrons. The summed E-state index contributed by atoms with van der Waals surface area (Å²) in [5.74, 6) is -0.531. The second kappa shape index (κ2) is 9.19. The van der Waals surface area contributed by atoms with E-state index >= 15 is 0 Å². The van der Waals surface area contributed by atoms with Crippen molar-refractivity contribution in [2.45, 2.75) is 46.3 Å². The lowest BCUT2D eigenvalue weighted by atomic mass is 9.85. The topological polar surface area (TPSA) is 70.5 Å².